The van der Waals surface area contributed by atoms with E-state index in [0.29, 0.717) is 17.0 Å². The van der Waals surface area contributed by atoms with E-state index in [9.17, 15) is 4.39 Å². The van der Waals surface area contributed by atoms with Gasteiger partial charge in [0.25, 0.3) is 0 Å². The molecule has 5 heteroatoms. The van der Waals surface area contributed by atoms with Gasteiger partial charge in [-0.05, 0) is 24.8 Å². The van der Waals surface area contributed by atoms with Crippen molar-refractivity contribution >= 4 is 28.7 Å². The van der Waals surface area contributed by atoms with E-state index in [1.54, 1.807) is 24.8 Å². The summed E-state index contributed by atoms with van der Waals surface area (Å²) in [6.45, 7) is 2.55. The highest BCUT2D eigenvalue weighted by Gasteiger charge is 2.10. The molecular formula is C11H14FN3S. The minimum Gasteiger partial charge on any atom is -0.369 e. The Hall–Kier alpha value is -1.23. The first kappa shape index (κ1) is 11.3. The average molecular weight is 239 g/mol. The molecule has 0 unspecified atom stereocenters. The van der Waals surface area contributed by atoms with Crippen molar-refractivity contribution in [2.24, 2.45) is 0 Å². The predicted molar refractivity (Wildman–Crippen MR) is 67.2 cm³/mol. The van der Waals surface area contributed by atoms with Gasteiger partial charge in [-0.15, -0.1) is 0 Å². The predicted octanol–water partition coefficient (Wildman–Crippen LogP) is 2.43. The number of halogens is 1. The van der Waals surface area contributed by atoms with Crippen LogP contribution in [0.4, 0.5) is 10.3 Å². The van der Waals surface area contributed by atoms with Gasteiger partial charge in [-0.25, -0.2) is 9.37 Å². The molecule has 0 amide bonds. The molecule has 1 aromatic carbocycles. The molecule has 0 bridgehead atoms. The summed E-state index contributed by atoms with van der Waals surface area (Å²) < 4.78 is 15.3. The van der Waals surface area contributed by atoms with E-state index in [0.717, 1.165) is 17.8 Å². The molecule has 0 fully saturated rings. The molecule has 0 radical (unpaired) electrons. The van der Waals surface area contributed by atoms with Gasteiger partial charge in [0.15, 0.2) is 0 Å². The van der Waals surface area contributed by atoms with E-state index in [1.165, 1.54) is 6.07 Å². The van der Waals surface area contributed by atoms with Gasteiger partial charge in [0.05, 0.1) is 11.0 Å². The van der Waals surface area contributed by atoms with Crippen molar-refractivity contribution in [1.82, 2.24) is 9.55 Å². The number of thioether (sulfide) groups is 1. The number of hydrogen-bond donors (Lipinski definition) is 1. The summed E-state index contributed by atoms with van der Waals surface area (Å²) in [5.74, 6) is 1.18. The fourth-order valence-electron chi connectivity index (χ4n) is 1.69. The van der Waals surface area contributed by atoms with E-state index in [1.807, 2.05) is 10.8 Å². The van der Waals surface area contributed by atoms with Gasteiger partial charge in [0.2, 0.25) is 5.95 Å². The fourth-order valence-corrected chi connectivity index (χ4v) is 2.05. The van der Waals surface area contributed by atoms with Crippen LogP contribution in [0.25, 0.3) is 11.0 Å². The van der Waals surface area contributed by atoms with Crippen molar-refractivity contribution in [2.75, 3.05) is 17.7 Å². The number of nitrogens with two attached hydrogens (primary N) is 1. The van der Waals surface area contributed by atoms with Crippen molar-refractivity contribution in [2.45, 2.75) is 13.5 Å². The number of nitrogen functional groups attached to an aromatic ring is 1. The normalized spacial score (nSPS) is 11.2. The number of fused-ring (bicyclic) bond motifs is 1. The summed E-state index contributed by atoms with van der Waals surface area (Å²) in [5.41, 5.74) is 7.97. The summed E-state index contributed by atoms with van der Waals surface area (Å²) in [4.78, 5) is 4.16. The smallest absolute Gasteiger partial charge is 0.201 e. The van der Waals surface area contributed by atoms with E-state index < -0.39 is 0 Å². The first-order valence-electron chi connectivity index (χ1n) is 5.04. The molecular weight excluding hydrogens is 225 g/mol. The Labute approximate surface area is 97.8 Å². The molecule has 0 aliphatic heterocycles. The summed E-state index contributed by atoms with van der Waals surface area (Å²) in [7, 11) is 0. The van der Waals surface area contributed by atoms with Gasteiger partial charge in [-0.3, -0.25) is 0 Å². The van der Waals surface area contributed by atoms with Gasteiger partial charge in [0.1, 0.15) is 5.82 Å². The summed E-state index contributed by atoms with van der Waals surface area (Å²) in [6.07, 6.45) is 2.04. The van der Waals surface area contributed by atoms with Crippen molar-refractivity contribution in [3.8, 4) is 0 Å². The van der Waals surface area contributed by atoms with Crippen molar-refractivity contribution in [3.05, 3.63) is 23.5 Å². The molecule has 1 heterocycles. The second-order valence-corrected chi connectivity index (χ2v) is 4.69. The van der Waals surface area contributed by atoms with E-state index in [2.05, 4.69) is 4.98 Å². The Kier molecular flexibility index (Phi) is 3.05. The SMILES string of the molecule is CSCCn1c(N)nc2cc(F)c(C)cc21. The number of rotatable bonds is 3. The highest BCUT2D eigenvalue weighted by atomic mass is 32.2. The Morgan fingerprint density at radius 3 is 2.94 bits per heavy atom. The van der Waals surface area contributed by atoms with Crippen LogP contribution in [0.1, 0.15) is 5.56 Å². The maximum Gasteiger partial charge on any atom is 0.201 e. The monoisotopic (exact) mass is 239 g/mol. The molecule has 1 aromatic heterocycles. The molecule has 2 rings (SSSR count). The van der Waals surface area contributed by atoms with E-state index in [4.69, 9.17) is 5.73 Å². The minimum absolute atomic E-state index is 0.234. The highest BCUT2D eigenvalue weighted by Crippen LogP contribution is 2.21. The van der Waals surface area contributed by atoms with Crippen LogP contribution in [0.2, 0.25) is 0 Å². The van der Waals surface area contributed by atoms with E-state index in [-0.39, 0.29) is 5.82 Å². The van der Waals surface area contributed by atoms with Gasteiger partial charge < -0.3 is 10.3 Å². The number of aryl methyl sites for hydroxylation is 2. The molecule has 86 valence electrons. The van der Waals surface area contributed by atoms with E-state index >= 15 is 0 Å². The quantitative estimate of drug-likeness (QED) is 0.894. The number of imidazole rings is 1. The molecule has 0 saturated heterocycles. The highest BCUT2D eigenvalue weighted by molar-refractivity contribution is 7.98. The largest absolute Gasteiger partial charge is 0.369 e. The molecule has 0 aliphatic carbocycles. The molecule has 2 aromatic rings. The third-order valence-electron chi connectivity index (χ3n) is 2.58. The second-order valence-electron chi connectivity index (χ2n) is 3.70. The fraction of sp³-hybridized carbons (Fsp3) is 0.364. The number of benzene rings is 1. The van der Waals surface area contributed by atoms with Gasteiger partial charge in [-0.2, -0.15) is 11.8 Å². The third-order valence-corrected chi connectivity index (χ3v) is 3.17. The van der Waals surface area contributed by atoms with Crippen molar-refractivity contribution in [1.29, 1.82) is 0 Å². The van der Waals surface area contributed by atoms with Crippen LogP contribution >= 0.6 is 11.8 Å². The van der Waals surface area contributed by atoms with Crippen LogP contribution in [0, 0.1) is 12.7 Å². The van der Waals surface area contributed by atoms with Crippen LogP contribution in [0.15, 0.2) is 12.1 Å². The lowest BCUT2D eigenvalue weighted by atomic mass is 10.2. The van der Waals surface area contributed by atoms with Gasteiger partial charge in [0, 0.05) is 18.4 Å². The number of nitrogens with zero attached hydrogens (tertiary/aromatic N) is 2. The lowest BCUT2D eigenvalue weighted by Crippen LogP contribution is -2.05. The lowest BCUT2D eigenvalue weighted by molar-refractivity contribution is 0.620. The van der Waals surface area contributed by atoms with Crippen LogP contribution < -0.4 is 5.73 Å². The molecule has 0 saturated carbocycles. The first-order valence-corrected chi connectivity index (χ1v) is 6.43. The second kappa shape index (κ2) is 4.33. The van der Waals surface area contributed by atoms with Gasteiger partial charge >= 0.3 is 0 Å². The molecule has 3 nitrogen and oxygen atoms in total. The van der Waals surface area contributed by atoms with Crippen molar-refractivity contribution in [3.63, 3.8) is 0 Å². The number of anilines is 1. The zero-order valence-electron chi connectivity index (χ0n) is 9.33. The van der Waals surface area contributed by atoms with Crippen LogP contribution in [0.5, 0.6) is 0 Å². The number of aromatic nitrogens is 2. The molecule has 2 N–H and O–H groups in total. The molecule has 0 spiro atoms. The first-order chi connectivity index (χ1) is 7.63. The molecule has 0 atom stereocenters. The average Bonchev–Trinajstić information content (AvgIpc) is 2.52. The van der Waals surface area contributed by atoms with Crippen LogP contribution in [-0.4, -0.2) is 21.6 Å². The summed E-state index contributed by atoms with van der Waals surface area (Å²) in [5, 5.41) is 0. The number of hydrogen-bond acceptors (Lipinski definition) is 3. The van der Waals surface area contributed by atoms with Crippen LogP contribution in [0.3, 0.4) is 0 Å². The third kappa shape index (κ3) is 1.87. The standard InChI is InChI=1S/C11H14FN3S/c1-7-5-10-9(6-8(7)12)14-11(13)15(10)3-4-16-2/h5-6H,3-4H2,1-2H3,(H2,13,14). The Morgan fingerprint density at radius 2 is 2.25 bits per heavy atom. The molecule has 0 aliphatic rings. The molecule has 16 heavy (non-hydrogen) atoms. The van der Waals surface area contributed by atoms with Gasteiger partial charge in [-0.1, -0.05) is 0 Å². The van der Waals surface area contributed by atoms with Crippen molar-refractivity contribution < 1.29 is 4.39 Å². The maximum atomic E-state index is 13.3. The Morgan fingerprint density at radius 1 is 1.50 bits per heavy atom. The van der Waals surface area contributed by atoms with Crippen LogP contribution in [-0.2, 0) is 6.54 Å². The Bertz CT molecular complexity index is 521. The topological polar surface area (TPSA) is 43.8 Å². The lowest BCUT2D eigenvalue weighted by Gasteiger charge is -2.05. The Balaban J connectivity index is 2.55. The minimum atomic E-state index is -0.234. The zero-order chi connectivity index (χ0) is 11.7. The zero-order valence-corrected chi connectivity index (χ0v) is 10.1. The maximum absolute atomic E-state index is 13.3. The summed E-state index contributed by atoms with van der Waals surface area (Å²) in [6, 6.07) is 3.24. The summed E-state index contributed by atoms with van der Waals surface area (Å²) >= 11 is 1.75.